The first-order chi connectivity index (χ1) is 8.65. The van der Waals surface area contributed by atoms with E-state index in [9.17, 15) is 9.18 Å². The van der Waals surface area contributed by atoms with Gasteiger partial charge in [-0.2, -0.15) is 0 Å². The minimum Gasteiger partial charge on any atom is -1.00 e. The molecule has 1 N–H and O–H groups in total. The van der Waals surface area contributed by atoms with Crippen LogP contribution in [0.2, 0.25) is 0 Å². The van der Waals surface area contributed by atoms with Crippen LogP contribution in [0, 0.1) is 12.7 Å². The maximum atomic E-state index is 12.7. The third-order valence-corrected chi connectivity index (χ3v) is 2.67. The molecule has 0 radical (unpaired) electrons. The van der Waals surface area contributed by atoms with Gasteiger partial charge in [0.25, 0.3) is 0 Å². The van der Waals surface area contributed by atoms with E-state index in [0.29, 0.717) is 5.56 Å². The third-order valence-electron chi connectivity index (χ3n) is 2.67. The Morgan fingerprint density at radius 2 is 1.63 bits per heavy atom. The van der Waals surface area contributed by atoms with Gasteiger partial charge in [-0.15, -0.1) is 0 Å². The van der Waals surface area contributed by atoms with E-state index in [1.165, 1.54) is 12.1 Å². The van der Waals surface area contributed by atoms with E-state index in [4.69, 9.17) is 0 Å². The zero-order chi connectivity index (χ0) is 13.0. The van der Waals surface area contributed by atoms with Crippen LogP contribution in [0.4, 0.5) is 10.1 Å². The maximum absolute atomic E-state index is 12.7. The Morgan fingerprint density at radius 3 is 2.21 bits per heavy atom. The quantitative estimate of drug-likeness (QED) is 0.827. The van der Waals surface area contributed by atoms with Crippen molar-refractivity contribution in [2.45, 2.75) is 6.92 Å². The number of anilines is 1. The standard InChI is InChI=1S/C15H14FNO.BrH/c1-11-2-4-12(5-3-11)15(18)10-17-14-8-6-13(16)7-9-14;/h2-9,17H,10H2,1H3;1H/p-1. The number of rotatable bonds is 4. The van der Waals surface area contributed by atoms with Gasteiger partial charge in [0.15, 0.2) is 5.78 Å². The van der Waals surface area contributed by atoms with Crippen LogP contribution < -0.4 is 22.3 Å². The first-order valence-corrected chi connectivity index (χ1v) is 5.74. The van der Waals surface area contributed by atoms with Crippen molar-refractivity contribution in [1.82, 2.24) is 0 Å². The van der Waals surface area contributed by atoms with E-state index in [-0.39, 0.29) is 35.1 Å². The minimum atomic E-state index is -0.287. The molecule has 2 aromatic rings. The zero-order valence-corrected chi connectivity index (χ0v) is 12.1. The molecule has 2 nitrogen and oxygen atoms in total. The Bertz CT molecular complexity index is 537. The highest BCUT2D eigenvalue weighted by atomic mass is 79.9. The summed E-state index contributed by atoms with van der Waals surface area (Å²) < 4.78 is 12.7. The number of Topliss-reactive ketones (excluding diaryl/α,β-unsaturated/α-hetero) is 1. The van der Waals surface area contributed by atoms with Crippen LogP contribution in [-0.2, 0) is 0 Å². The molecule has 0 aromatic heterocycles. The lowest BCUT2D eigenvalue weighted by Gasteiger charge is -2.05. The number of benzene rings is 2. The molecule has 0 unspecified atom stereocenters. The maximum Gasteiger partial charge on any atom is 0.181 e. The van der Waals surface area contributed by atoms with Gasteiger partial charge in [-0.3, -0.25) is 4.79 Å². The molecule has 100 valence electrons. The van der Waals surface area contributed by atoms with Crippen molar-refractivity contribution in [1.29, 1.82) is 0 Å². The Labute approximate surface area is 122 Å². The van der Waals surface area contributed by atoms with Gasteiger partial charge in [0.05, 0.1) is 6.54 Å². The number of hydrogen-bond donors (Lipinski definition) is 1. The summed E-state index contributed by atoms with van der Waals surface area (Å²) >= 11 is 0. The van der Waals surface area contributed by atoms with Crippen molar-refractivity contribution in [3.05, 3.63) is 65.5 Å². The van der Waals surface area contributed by atoms with Gasteiger partial charge < -0.3 is 22.3 Å². The van der Waals surface area contributed by atoms with Crippen molar-refractivity contribution in [3.63, 3.8) is 0 Å². The monoisotopic (exact) mass is 322 g/mol. The van der Waals surface area contributed by atoms with Gasteiger partial charge in [-0.05, 0) is 31.2 Å². The highest BCUT2D eigenvalue weighted by molar-refractivity contribution is 5.98. The molecule has 0 aliphatic carbocycles. The Morgan fingerprint density at radius 1 is 1.05 bits per heavy atom. The smallest absolute Gasteiger partial charge is 0.181 e. The third kappa shape index (κ3) is 4.48. The van der Waals surface area contributed by atoms with E-state index in [1.54, 1.807) is 12.1 Å². The summed E-state index contributed by atoms with van der Waals surface area (Å²) in [6.45, 7) is 2.18. The highest BCUT2D eigenvalue weighted by Crippen LogP contribution is 2.09. The Balaban J connectivity index is 0.00000180. The number of aryl methyl sites for hydroxylation is 1. The molecule has 0 saturated heterocycles. The summed E-state index contributed by atoms with van der Waals surface area (Å²) in [6, 6.07) is 13.4. The number of nitrogens with one attached hydrogen (secondary N) is 1. The number of ketones is 1. The molecule has 0 aliphatic rings. The molecule has 4 heteroatoms. The van der Waals surface area contributed by atoms with Crippen LogP contribution in [0.5, 0.6) is 0 Å². The number of halogens is 2. The fourth-order valence-corrected chi connectivity index (χ4v) is 1.59. The van der Waals surface area contributed by atoms with Crippen LogP contribution in [0.1, 0.15) is 15.9 Å². The highest BCUT2D eigenvalue weighted by Gasteiger charge is 2.04. The second-order valence-electron chi connectivity index (χ2n) is 4.15. The molecule has 0 fully saturated rings. The van der Waals surface area contributed by atoms with Crippen LogP contribution >= 0.6 is 0 Å². The summed E-state index contributed by atoms with van der Waals surface area (Å²) in [5.41, 5.74) is 2.53. The largest absolute Gasteiger partial charge is 1.00 e. The lowest BCUT2D eigenvalue weighted by molar-refractivity contribution is -0.0000120. The SMILES string of the molecule is Cc1ccc(C(=O)CNc2ccc(F)cc2)cc1.[Br-]. The summed E-state index contributed by atoms with van der Waals surface area (Å²) in [5.74, 6) is -0.273. The fraction of sp³-hybridized carbons (Fsp3) is 0.133. The number of carbonyl (C=O) groups is 1. The van der Waals surface area contributed by atoms with Crippen LogP contribution in [0.15, 0.2) is 48.5 Å². The lowest BCUT2D eigenvalue weighted by atomic mass is 10.1. The minimum absolute atomic E-state index is 0. The normalized spacial score (nSPS) is 9.58. The van der Waals surface area contributed by atoms with Crippen molar-refractivity contribution in [3.8, 4) is 0 Å². The molecule has 0 aliphatic heterocycles. The molecule has 0 spiro atoms. The van der Waals surface area contributed by atoms with E-state index >= 15 is 0 Å². The first-order valence-electron chi connectivity index (χ1n) is 5.74. The van der Waals surface area contributed by atoms with E-state index in [1.807, 2.05) is 31.2 Å². The average molecular weight is 323 g/mol. The Hall–Kier alpha value is -1.68. The van der Waals surface area contributed by atoms with Crippen molar-refractivity contribution in [2.75, 3.05) is 11.9 Å². The second kappa shape index (κ2) is 7.04. The van der Waals surface area contributed by atoms with E-state index < -0.39 is 0 Å². The molecule has 0 bridgehead atoms. The molecule has 2 aromatic carbocycles. The van der Waals surface area contributed by atoms with Gasteiger partial charge in [-0.25, -0.2) is 4.39 Å². The average Bonchev–Trinajstić information content (AvgIpc) is 2.38. The van der Waals surface area contributed by atoms with Gasteiger partial charge in [0, 0.05) is 11.3 Å². The molecular weight excluding hydrogens is 309 g/mol. The molecule has 0 heterocycles. The summed E-state index contributed by atoms with van der Waals surface area (Å²) in [5, 5.41) is 2.97. The predicted octanol–water partition coefficient (Wildman–Crippen LogP) is 0.433. The van der Waals surface area contributed by atoms with Gasteiger partial charge in [-0.1, -0.05) is 29.8 Å². The Kier molecular flexibility index (Phi) is 5.70. The predicted molar refractivity (Wildman–Crippen MR) is 70.4 cm³/mol. The summed E-state index contributed by atoms with van der Waals surface area (Å²) in [7, 11) is 0. The lowest BCUT2D eigenvalue weighted by Crippen LogP contribution is -3.00. The molecule has 19 heavy (non-hydrogen) atoms. The summed E-state index contributed by atoms with van der Waals surface area (Å²) in [6.07, 6.45) is 0. The molecule has 0 atom stereocenters. The zero-order valence-electron chi connectivity index (χ0n) is 10.5. The van der Waals surface area contributed by atoms with Gasteiger partial charge in [0.1, 0.15) is 5.82 Å². The van der Waals surface area contributed by atoms with E-state index in [0.717, 1.165) is 11.3 Å². The fourth-order valence-electron chi connectivity index (χ4n) is 1.59. The molecular formula is C15H14BrFNO-. The van der Waals surface area contributed by atoms with Crippen LogP contribution in [0.3, 0.4) is 0 Å². The number of carbonyl (C=O) groups excluding carboxylic acids is 1. The first kappa shape index (κ1) is 15.4. The van der Waals surface area contributed by atoms with Crippen molar-refractivity contribution >= 4 is 11.5 Å². The van der Waals surface area contributed by atoms with Gasteiger partial charge in [0.2, 0.25) is 0 Å². The number of hydrogen-bond acceptors (Lipinski definition) is 2. The van der Waals surface area contributed by atoms with E-state index in [2.05, 4.69) is 5.32 Å². The van der Waals surface area contributed by atoms with Crippen LogP contribution in [0.25, 0.3) is 0 Å². The topological polar surface area (TPSA) is 29.1 Å². The van der Waals surface area contributed by atoms with Crippen LogP contribution in [-0.4, -0.2) is 12.3 Å². The van der Waals surface area contributed by atoms with Crippen molar-refractivity contribution < 1.29 is 26.2 Å². The van der Waals surface area contributed by atoms with Crippen molar-refractivity contribution in [2.24, 2.45) is 0 Å². The summed E-state index contributed by atoms with van der Waals surface area (Å²) in [4.78, 5) is 11.9. The van der Waals surface area contributed by atoms with Gasteiger partial charge >= 0.3 is 0 Å². The molecule has 0 amide bonds. The second-order valence-corrected chi connectivity index (χ2v) is 4.15. The molecule has 2 rings (SSSR count). The molecule has 0 saturated carbocycles.